The molecule has 4 aliphatic carbocycles. The number of hydrogen-bond donors (Lipinski definition) is 2. The number of aliphatic carboxylic acids is 2. The van der Waals surface area contributed by atoms with Gasteiger partial charge in [0.1, 0.15) is 11.8 Å². The Morgan fingerprint density at radius 2 is 1.05 bits per heavy atom. The van der Waals surface area contributed by atoms with E-state index in [0.717, 1.165) is 70.3 Å². The first-order chi connectivity index (χ1) is 27.6. The number of ether oxygens (including phenoxy) is 6. The predicted molar refractivity (Wildman–Crippen MR) is 214 cm³/mol. The molecule has 4 rings (SSSR count). The molecule has 14 nitrogen and oxygen atoms in total. The monoisotopic (exact) mass is 832 g/mol. The van der Waals surface area contributed by atoms with Gasteiger partial charge < -0.3 is 38.6 Å². The third-order valence-electron chi connectivity index (χ3n) is 15.1. The summed E-state index contributed by atoms with van der Waals surface area (Å²) in [5.41, 5.74) is 0.809. The molecule has 332 valence electrons. The van der Waals surface area contributed by atoms with E-state index in [2.05, 4.69) is 40.9 Å². The minimum absolute atomic E-state index is 0.0565. The lowest BCUT2D eigenvalue weighted by molar-refractivity contribution is -0.181. The lowest BCUT2D eigenvalue weighted by Gasteiger charge is -2.58. The summed E-state index contributed by atoms with van der Waals surface area (Å²) in [4.78, 5) is 76.9. The number of methoxy groups -OCH3 is 3. The Bertz CT molecular complexity index is 1620. The Morgan fingerprint density at radius 3 is 1.51 bits per heavy atom. The van der Waals surface area contributed by atoms with Gasteiger partial charge in [0.2, 0.25) is 0 Å². The SMILES string of the molecule is C=C1CC[C@H]2C(C)(C)CCC[C@]2(C)[C@H]1CO[C@@H](C(=O)OC)[C@H](CC(=O)O)C(=O)OC[C@]1(C)CCC[C@]2(C)[C@@H](CO[C@@H](C(=O)OC)[C@@H](CC(=O)O)C(=O)OC)C(=C)CC[C@@H]12. The van der Waals surface area contributed by atoms with Crippen LogP contribution in [0.4, 0.5) is 0 Å². The summed E-state index contributed by atoms with van der Waals surface area (Å²) in [5.74, 6) is -9.14. The van der Waals surface area contributed by atoms with Gasteiger partial charge in [-0.15, -0.1) is 0 Å². The van der Waals surface area contributed by atoms with Crippen molar-refractivity contribution in [1.29, 1.82) is 0 Å². The number of fused-ring (bicyclic) bond motifs is 2. The predicted octanol–water partition coefficient (Wildman–Crippen LogP) is 6.58. The molecule has 14 heteroatoms. The van der Waals surface area contributed by atoms with E-state index in [1.807, 2.05) is 6.92 Å². The number of carboxylic acids is 2. The molecule has 59 heavy (non-hydrogen) atoms. The molecule has 0 aromatic rings. The van der Waals surface area contributed by atoms with Crippen LogP contribution in [-0.2, 0) is 57.2 Å². The molecule has 0 heterocycles. The molecule has 0 unspecified atom stereocenters. The third kappa shape index (κ3) is 10.2. The first-order valence-corrected chi connectivity index (χ1v) is 21.0. The molecule has 0 aromatic heterocycles. The first kappa shape index (κ1) is 47.9. The van der Waals surface area contributed by atoms with Crippen molar-refractivity contribution < 1.29 is 67.4 Å². The fraction of sp³-hybridized carbons (Fsp3) is 0.778. The van der Waals surface area contributed by atoms with Crippen LogP contribution in [0.2, 0.25) is 0 Å². The van der Waals surface area contributed by atoms with Crippen LogP contribution in [-0.4, -0.2) is 99.4 Å². The van der Waals surface area contributed by atoms with Crippen LogP contribution in [0, 0.1) is 57.2 Å². The van der Waals surface area contributed by atoms with Gasteiger partial charge in [-0.3, -0.25) is 19.2 Å². The second-order valence-corrected chi connectivity index (χ2v) is 19.1. The van der Waals surface area contributed by atoms with E-state index in [0.29, 0.717) is 25.2 Å². The smallest absolute Gasteiger partial charge is 0.335 e. The molecule has 4 aliphatic rings. The van der Waals surface area contributed by atoms with Gasteiger partial charge in [-0.05, 0) is 79.4 Å². The van der Waals surface area contributed by atoms with E-state index in [4.69, 9.17) is 28.4 Å². The zero-order valence-corrected chi connectivity index (χ0v) is 36.4. The number of esters is 4. The lowest BCUT2D eigenvalue weighted by atomic mass is 9.47. The number of carbonyl (C=O) groups excluding carboxylic acids is 4. The lowest BCUT2D eigenvalue weighted by Crippen LogP contribution is -2.54. The van der Waals surface area contributed by atoms with E-state index >= 15 is 0 Å². The average Bonchev–Trinajstić information content (AvgIpc) is 3.16. The van der Waals surface area contributed by atoms with E-state index < -0.39 is 83.5 Å². The summed E-state index contributed by atoms with van der Waals surface area (Å²) in [6.07, 6.45) is 4.00. The quantitative estimate of drug-likeness (QED) is 0.0853. The van der Waals surface area contributed by atoms with Crippen molar-refractivity contribution in [3.05, 3.63) is 24.3 Å². The standard InChI is InChI=1S/C45H68O14/c1-26-13-15-32-42(3,4)17-11-19-44(32,6)30(26)23-58-37(41(53)56-10)29(22-35(48)49)39(51)59-25-43(5)18-12-20-45(7)31(27(2)14-16-33(43)45)24-57-36(40(52)55-9)28(21-34(46)47)38(50)54-8/h28-33,36-37H,1-2,11-25H2,3-10H3,(H,46,47)(H,48,49)/t28-,29+,30+,31+,32+,33+,36-,37-,43+,44-,45-/m1/s1. The maximum Gasteiger partial charge on any atom is 0.335 e. The molecule has 0 spiro atoms. The Labute approximate surface area is 349 Å². The summed E-state index contributed by atoms with van der Waals surface area (Å²) < 4.78 is 33.3. The fourth-order valence-corrected chi connectivity index (χ4v) is 12.0. The highest BCUT2D eigenvalue weighted by Gasteiger charge is 2.57. The first-order valence-electron chi connectivity index (χ1n) is 21.0. The number of carboxylic acid groups (broad SMARTS) is 2. The molecule has 4 fully saturated rings. The largest absolute Gasteiger partial charge is 0.481 e. The zero-order chi connectivity index (χ0) is 44.1. The minimum Gasteiger partial charge on any atom is -0.481 e. The number of hydrogen-bond acceptors (Lipinski definition) is 12. The van der Waals surface area contributed by atoms with Gasteiger partial charge in [0.15, 0.2) is 12.2 Å². The molecule has 4 saturated carbocycles. The summed E-state index contributed by atoms with van der Waals surface area (Å²) in [6.45, 7) is 19.7. The molecule has 0 bridgehead atoms. The van der Waals surface area contributed by atoms with Gasteiger partial charge >= 0.3 is 35.8 Å². The van der Waals surface area contributed by atoms with Crippen molar-refractivity contribution in [2.24, 2.45) is 57.2 Å². The average molecular weight is 833 g/mol. The molecular weight excluding hydrogens is 764 g/mol. The summed E-state index contributed by atoms with van der Waals surface area (Å²) in [5, 5.41) is 19.5. The Hall–Kier alpha value is -3.78. The third-order valence-corrected chi connectivity index (χ3v) is 15.1. The molecule has 11 atom stereocenters. The molecule has 0 radical (unpaired) electrons. The van der Waals surface area contributed by atoms with Gasteiger partial charge in [0.25, 0.3) is 0 Å². The van der Waals surface area contributed by atoms with Gasteiger partial charge in [-0.25, -0.2) is 9.59 Å². The van der Waals surface area contributed by atoms with Crippen LogP contribution in [0.5, 0.6) is 0 Å². The van der Waals surface area contributed by atoms with Crippen molar-refractivity contribution in [1.82, 2.24) is 0 Å². The highest BCUT2D eigenvalue weighted by Crippen LogP contribution is 2.62. The molecule has 0 aliphatic heterocycles. The zero-order valence-electron chi connectivity index (χ0n) is 36.4. The van der Waals surface area contributed by atoms with E-state index in [9.17, 15) is 39.0 Å². The summed E-state index contributed by atoms with van der Waals surface area (Å²) in [7, 11) is 3.40. The van der Waals surface area contributed by atoms with Crippen molar-refractivity contribution >= 4 is 35.8 Å². The highest BCUT2D eigenvalue weighted by atomic mass is 16.6. The molecular formula is C45H68O14. The van der Waals surface area contributed by atoms with Crippen LogP contribution in [0.3, 0.4) is 0 Å². The van der Waals surface area contributed by atoms with E-state index in [1.165, 1.54) is 7.11 Å². The highest BCUT2D eigenvalue weighted by molar-refractivity contribution is 5.87. The fourth-order valence-electron chi connectivity index (χ4n) is 12.0. The van der Waals surface area contributed by atoms with Gasteiger partial charge in [-0.1, -0.05) is 71.8 Å². The Balaban J connectivity index is 1.54. The van der Waals surface area contributed by atoms with Crippen LogP contribution < -0.4 is 0 Å². The summed E-state index contributed by atoms with van der Waals surface area (Å²) >= 11 is 0. The molecule has 0 aromatic carbocycles. The minimum atomic E-state index is -1.54. The van der Waals surface area contributed by atoms with Gasteiger partial charge in [0, 0.05) is 17.3 Å². The normalized spacial score (nSPS) is 32.2. The van der Waals surface area contributed by atoms with Crippen LogP contribution >= 0.6 is 0 Å². The molecule has 0 saturated heterocycles. The number of rotatable bonds is 18. The molecule has 0 amide bonds. The summed E-state index contributed by atoms with van der Waals surface area (Å²) in [6, 6.07) is 0. The van der Waals surface area contributed by atoms with Gasteiger partial charge in [-0.2, -0.15) is 0 Å². The Morgan fingerprint density at radius 1 is 0.627 bits per heavy atom. The maximum atomic E-state index is 14.1. The van der Waals surface area contributed by atoms with Crippen molar-refractivity contribution in [2.45, 2.75) is 124 Å². The van der Waals surface area contributed by atoms with Crippen LogP contribution in [0.15, 0.2) is 24.3 Å². The van der Waals surface area contributed by atoms with Crippen LogP contribution in [0.25, 0.3) is 0 Å². The van der Waals surface area contributed by atoms with Crippen molar-refractivity contribution in [3.8, 4) is 0 Å². The van der Waals surface area contributed by atoms with Gasteiger partial charge in [0.05, 0.1) is 54.0 Å². The second kappa shape index (κ2) is 19.3. The second-order valence-electron chi connectivity index (χ2n) is 19.1. The van der Waals surface area contributed by atoms with Crippen molar-refractivity contribution in [2.75, 3.05) is 41.2 Å². The topological polar surface area (TPSA) is 198 Å². The Kier molecular flexibility index (Phi) is 15.7. The maximum absolute atomic E-state index is 14.1. The van der Waals surface area contributed by atoms with Crippen molar-refractivity contribution in [3.63, 3.8) is 0 Å². The van der Waals surface area contributed by atoms with Crippen LogP contribution in [0.1, 0.15) is 112 Å². The number of carbonyl (C=O) groups is 6. The van der Waals surface area contributed by atoms with E-state index in [-0.39, 0.29) is 48.4 Å². The van der Waals surface area contributed by atoms with E-state index in [1.54, 1.807) is 0 Å². The molecule has 2 N–H and O–H groups in total.